The minimum atomic E-state index is -3.02. The van der Waals surface area contributed by atoms with Crippen LogP contribution in [0.15, 0.2) is 29.8 Å². The van der Waals surface area contributed by atoms with E-state index in [4.69, 9.17) is 0 Å². The zero-order valence-electron chi connectivity index (χ0n) is 14.8. The number of sulfone groups is 1. The van der Waals surface area contributed by atoms with Crippen molar-refractivity contribution in [2.75, 3.05) is 18.1 Å². The van der Waals surface area contributed by atoms with Gasteiger partial charge in [-0.05, 0) is 25.0 Å². The molecule has 140 valence electrons. The summed E-state index contributed by atoms with van der Waals surface area (Å²) in [4.78, 5) is 23.4. The lowest BCUT2D eigenvalue weighted by Gasteiger charge is -2.28. The smallest absolute Gasteiger partial charge is 0.228 e. The number of thiazole rings is 1. The summed E-state index contributed by atoms with van der Waals surface area (Å²) in [6, 6.07) is 5.44. The Hall–Kier alpha value is -1.80. The van der Waals surface area contributed by atoms with Gasteiger partial charge in [0.05, 0.1) is 29.3 Å². The summed E-state index contributed by atoms with van der Waals surface area (Å²) in [5, 5.41) is 2.67. The van der Waals surface area contributed by atoms with E-state index in [1.54, 1.807) is 11.1 Å². The van der Waals surface area contributed by atoms with Crippen molar-refractivity contribution >= 4 is 27.1 Å². The van der Waals surface area contributed by atoms with Crippen LogP contribution in [0.1, 0.15) is 31.9 Å². The number of unbranched alkanes of at least 4 members (excludes halogenated alkanes) is 1. The molecule has 1 aliphatic rings. The van der Waals surface area contributed by atoms with Gasteiger partial charge in [0.2, 0.25) is 5.91 Å². The molecule has 1 atom stereocenters. The average molecular weight is 394 g/mol. The number of hydrogen-bond donors (Lipinski definition) is 0. The first-order chi connectivity index (χ1) is 12.5. The van der Waals surface area contributed by atoms with Crippen LogP contribution in [0, 0.1) is 0 Å². The molecule has 0 aliphatic carbocycles. The molecule has 2 aromatic rings. The fraction of sp³-hybridized carbons (Fsp3) is 0.500. The van der Waals surface area contributed by atoms with Crippen LogP contribution in [0.2, 0.25) is 0 Å². The molecular weight excluding hydrogens is 370 g/mol. The van der Waals surface area contributed by atoms with E-state index >= 15 is 0 Å². The van der Waals surface area contributed by atoms with Crippen LogP contribution in [-0.4, -0.2) is 53.3 Å². The van der Waals surface area contributed by atoms with Crippen LogP contribution in [0.25, 0.3) is 10.7 Å². The van der Waals surface area contributed by atoms with Crippen LogP contribution < -0.4 is 0 Å². The standard InChI is InChI=1S/C18H23N3O3S2/c1-2-3-9-21(15-7-10-26(23,24)13-15)17(22)11-14-12-25-18(20-14)16-6-4-5-8-19-16/h4-6,8,12,15H,2-3,7,9-11,13H2,1H3. The van der Waals surface area contributed by atoms with E-state index in [1.807, 2.05) is 23.6 Å². The van der Waals surface area contributed by atoms with Gasteiger partial charge >= 0.3 is 0 Å². The van der Waals surface area contributed by atoms with Gasteiger partial charge in [0, 0.05) is 24.2 Å². The Kier molecular flexibility index (Phi) is 6.03. The quantitative estimate of drug-likeness (QED) is 0.722. The van der Waals surface area contributed by atoms with Gasteiger partial charge in [-0.2, -0.15) is 0 Å². The highest BCUT2D eigenvalue weighted by Crippen LogP contribution is 2.23. The van der Waals surface area contributed by atoms with Crippen molar-refractivity contribution in [3.05, 3.63) is 35.5 Å². The van der Waals surface area contributed by atoms with E-state index in [0.29, 0.717) is 18.7 Å². The molecule has 1 fully saturated rings. The number of nitrogens with zero attached hydrogens (tertiary/aromatic N) is 3. The summed E-state index contributed by atoms with van der Waals surface area (Å²) in [5.41, 5.74) is 1.50. The molecule has 0 N–H and O–H groups in total. The first-order valence-electron chi connectivity index (χ1n) is 8.84. The number of carbonyl (C=O) groups excluding carboxylic acids is 1. The normalized spacial score (nSPS) is 18.7. The first kappa shape index (κ1) is 19.0. The van der Waals surface area contributed by atoms with Gasteiger partial charge in [-0.3, -0.25) is 9.78 Å². The lowest BCUT2D eigenvalue weighted by molar-refractivity contribution is -0.132. The summed E-state index contributed by atoms with van der Waals surface area (Å²) in [6.45, 7) is 2.67. The number of carbonyl (C=O) groups is 1. The highest BCUT2D eigenvalue weighted by molar-refractivity contribution is 7.91. The van der Waals surface area contributed by atoms with Crippen LogP contribution >= 0.6 is 11.3 Å². The third kappa shape index (κ3) is 4.67. The van der Waals surface area contributed by atoms with Crippen molar-refractivity contribution in [1.82, 2.24) is 14.9 Å². The Morgan fingerprint density at radius 2 is 2.23 bits per heavy atom. The molecule has 2 aromatic heterocycles. The summed E-state index contributed by atoms with van der Waals surface area (Å²) >= 11 is 1.47. The average Bonchev–Trinajstić information content (AvgIpc) is 3.22. The minimum absolute atomic E-state index is 0.0431. The molecule has 3 rings (SSSR count). The van der Waals surface area contributed by atoms with Gasteiger partial charge < -0.3 is 4.90 Å². The highest BCUT2D eigenvalue weighted by Gasteiger charge is 2.34. The molecule has 3 heterocycles. The summed E-state index contributed by atoms with van der Waals surface area (Å²) < 4.78 is 23.6. The number of aromatic nitrogens is 2. The molecule has 6 nitrogen and oxygen atoms in total. The lowest BCUT2D eigenvalue weighted by atomic mass is 10.1. The molecule has 1 unspecified atom stereocenters. The second kappa shape index (κ2) is 8.26. The maximum Gasteiger partial charge on any atom is 0.228 e. The SMILES string of the molecule is CCCCN(C(=O)Cc1csc(-c2ccccn2)n1)C1CCS(=O)(=O)C1. The fourth-order valence-electron chi connectivity index (χ4n) is 3.11. The molecule has 8 heteroatoms. The molecule has 1 aliphatic heterocycles. The first-order valence-corrected chi connectivity index (χ1v) is 11.5. The zero-order valence-corrected chi connectivity index (χ0v) is 16.4. The third-order valence-corrected chi connectivity index (χ3v) is 7.15. The Balaban J connectivity index is 1.70. The molecule has 0 spiro atoms. The van der Waals surface area contributed by atoms with Crippen LogP contribution in [0.5, 0.6) is 0 Å². The zero-order chi connectivity index (χ0) is 18.6. The number of pyridine rings is 1. The maximum absolute atomic E-state index is 12.8. The Bertz CT molecular complexity index is 850. The van der Waals surface area contributed by atoms with Crippen LogP contribution in [0.4, 0.5) is 0 Å². The van der Waals surface area contributed by atoms with Crippen molar-refractivity contribution in [2.45, 2.75) is 38.6 Å². The second-order valence-electron chi connectivity index (χ2n) is 6.53. The monoisotopic (exact) mass is 393 g/mol. The molecular formula is C18H23N3O3S2. The molecule has 0 saturated carbocycles. The molecule has 26 heavy (non-hydrogen) atoms. The van der Waals surface area contributed by atoms with E-state index < -0.39 is 9.84 Å². The third-order valence-electron chi connectivity index (χ3n) is 4.49. The van der Waals surface area contributed by atoms with Crippen molar-refractivity contribution in [1.29, 1.82) is 0 Å². The van der Waals surface area contributed by atoms with Crippen LogP contribution in [0.3, 0.4) is 0 Å². The predicted molar refractivity (Wildman–Crippen MR) is 103 cm³/mol. The maximum atomic E-state index is 12.8. The molecule has 0 radical (unpaired) electrons. The lowest BCUT2D eigenvalue weighted by Crippen LogP contribution is -2.42. The predicted octanol–water partition coefficient (Wildman–Crippen LogP) is 2.56. The Labute approximate surface area is 158 Å². The van der Waals surface area contributed by atoms with Crippen molar-refractivity contribution in [3.8, 4) is 10.7 Å². The van der Waals surface area contributed by atoms with Crippen molar-refractivity contribution < 1.29 is 13.2 Å². The largest absolute Gasteiger partial charge is 0.338 e. The second-order valence-corrected chi connectivity index (χ2v) is 9.62. The summed E-state index contributed by atoms with van der Waals surface area (Å²) in [6.07, 6.45) is 4.29. The van der Waals surface area contributed by atoms with Crippen LogP contribution in [-0.2, 0) is 21.1 Å². The summed E-state index contributed by atoms with van der Waals surface area (Å²) in [5.74, 6) is 0.214. The van der Waals surface area contributed by atoms with E-state index in [2.05, 4.69) is 16.9 Å². The number of rotatable bonds is 7. The van der Waals surface area contributed by atoms with Gasteiger partial charge in [-0.15, -0.1) is 11.3 Å². The molecule has 0 aromatic carbocycles. The van der Waals surface area contributed by atoms with Gasteiger partial charge in [0.15, 0.2) is 9.84 Å². The Morgan fingerprint density at radius 3 is 2.88 bits per heavy atom. The summed E-state index contributed by atoms with van der Waals surface area (Å²) in [7, 11) is -3.02. The van der Waals surface area contributed by atoms with Crippen molar-refractivity contribution in [3.63, 3.8) is 0 Å². The molecule has 1 amide bonds. The number of amides is 1. The highest BCUT2D eigenvalue weighted by atomic mass is 32.2. The fourth-order valence-corrected chi connectivity index (χ4v) is 5.64. The molecule has 1 saturated heterocycles. The van der Waals surface area contributed by atoms with Gasteiger partial charge in [-0.1, -0.05) is 19.4 Å². The van der Waals surface area contributed by atoms with Gasteiger partial charge in [-0.25, -0.2) is 13.4 Å². The van der Waals surface area contributed by atoms with Gasteiger partial charge in [0.1, 0.15) is 5.01 Å². The van der Waals surface area contributed by atoms with E-state index in [-0.39, 0.29) is 29.9 Å². The minimum Gasteiger partial charge on any atom is -0.338 e. The Morgan fingerprint density at radius 1 is 1.38 bits per heavy atom. The van der Waals surface area contributed by atoms with E-state index in [0.717, 1.165) is 23.5 Å². The van der Waals surface area contributed by atoms with Gasteiger partial charge in [0.25, 0.3) is 0 Å². The van der Waals surface area contributed by atoms with E-state index in [9.17, 15) is 13.2 Å². The molecule has 0 bridgehead atoms. The van der Waals surface area contributed by atoms with E-state index in [1.165, 1.54) is 11.3 Å². The van der Waals surface area contributed by atoms with Crippen molar-refractivity contribution in [2.24, 2.45) is 0 Å². The topological polar surface area (TPSA) is 80.2 Å². The number of hydrogen-bond acceptors (Lipinski definition) is 6.